The minimum Gasteiger partial charge on any atom is -0.456 e. The van der Waals surface area contributed by atoms with Gasteiger partial charge in [0.15, 0.2) is 6.61 Å². The molecule has 0 heterocycles. The molecule has 2 saturated carbocycles. The van der Waals surface area contributed by atoms with E-state index in [9.17, 15) is 19.8 Å². The molecule has 0 aromatic carbocycles. The second kappa shape index (κ2) is 29.0. The maximum atomic E-state index is 12.4. The molecule has 52 heavy (non-hydrogen) atoms. The Bertz CT molecular complexity index is 975. The van der Waals surface area contributed by atoms with Crippen molar-refractivity contribution in [3.05, 3.63) is 24.3 Å². The van der Waals surface area contributed by atoms with E-state index in [2.05, 4.69) is 38.2 Å². The summed E-state index contributed by atoms with van der Waals surface area (Å²) in [5.74, 6) is -0.336. The average Bonchev–Trinajstić information content (AvgIpc) is 3.38. The van der Waals surface area contributed by atoms with Gasteiger partial charge in [-0.3, -0.25) is 9.59 Å². The number of rotatable bonds is 32. The van der Waals surface area contributed by atoms with E-state index in [1.54, 1.807) is 11.9 Å². The zero-order valence-electron chi connectivity index (χ0n) is 33.9. The number of esters is 1. The topological polar surface area (TPSA) is 87.1 Å². The third kappa shape index (κ3) is 19.3. The third-order valence-corrected chi connectivity index (χ3v) is 12.8. The maximum absolute atomic E-state index is 12.4. The normalized spacial score (nSPS) is 21.9. The smallest absolute Gasteiger partial charge is 0.306 e. The van der Waals surface area contributed by atoms with Crippen molar-refractivity contribution in [2.75, 3.05) is 20.2 Å². The highest BCUT2D eigenvalue weighted by molar-refractivity contribution is 6.21. The minimum absolute atomic E-state index is 0.0113. The fourth-order valence-electron chi connectivity index (χ4n) is 8.27. The van der Waals surface area contributed by atoms with E-state index >= 15 is 0 Å². The Morgan fingerprint density at radius 2 is 1.38 bits per heavy atom. The SMILES string of the molecule is CCCCCCCCCCCCCCCCCCCCN(C)C(=O)COC(=O)CCC/C=C\C[C@@H]1[C@@H](/C=C/C[C@H](O)C2(CC)CCC2)[C@H](O)C[C@H]1Cl. The number of hydrogen-bond donors (Lipinski definition) is 2. The van der Waals surface area contributed by atoms with E-state index in [0.29, 0.717) is 25.8 Å². The third-order valence-electron chi connectivity index (χ3n) is 12.3. The van der Waals surface area contributed by atoms with Crippen molar-refractivity contribution in [1.29, 1.82) is 0 Å². The number of likely N-dealkylation sites (N-methyl/N-ethyl adjacent to an activating group) is 1. The lowest BCUT2D eigenvalue weighted by molar-refractivity contribution is -0.151. The Labute approximate surface area is 324 Å². The number of unbranched alkanes of at least 4 members (excludes halogenated alkanes) is 18. The first kappa shape index (κ1) is 46.8. The van der Waals surface area contributed by atoms with Gasteiger partial charge in [-0.05, 0) is 69.1 Å². The number of halogens is 1. The van der Waals surface area contributed by atoms with Crippen LogP contribution in [0.1, 0.15) is 194 Å². The Morgan fingerprint density at radius 1 is 0.827 bits per heavy atom. The van der Waals surface area contributed by atoms with Gasteiger partial charge in [0.05, 0.1) is 12.2 Å². The first-order valence-corrected chi connectivity index (χ1v) is 22.4. The summed E-state index contributed by atoms with van der Waals surface area (Å²) in [5, 5.41) is 21.3. The molecule has 0 saturated heterocycles. The minimum atomic E-state index is -0.460. The number of nitrogens with zero attached hydrogens (tertiary/aromatic N) is 1. The summed E-state index contributed by atoms with van der Waals surface area (Å²) < 4.78 is 5.26. The van der Waals surface area contributed by atoms with E-state index in [-0.39, 0.29) is 53.6 Å². The number of amides is 1. The molecular weight excluding hydrogens is 670 g/mol. The molecule has 7 heteroatoms. The van der Waals surface area contributed by atoms with Crippen molar-refractivity contribution in [1.82, 2.24) is 4.90 Å². The molecule has 2 fully saturated rings. The van der Waals surface area contributed by atoms with E-state index < -0.39 is 6.10 Å². The van der Waals surface area contributed by atoms with Crippen LogP contribution in [0, 0.1) is 17.3 Å². The molecule has 2 rings (SSSR count). The highest BCUT2D eigenvalue weighted by Crippen LogP contribution is 2.48. The van der Waals surface area contributed by atoms with Gasteiger partial charge in [0.1, 0.15) is 0 Å². The molecule has 0 bridgehead atoms. The first-order chi connectivity index (χ1) is 25.2. The molecule has 5 atom stereocenters. The molecule has 0 aliphatic heterocycles. The van der Waals surface area contributed by atoms with Crippen molar-refractivity contribution in [3.63, 3.8) is 0 Å². The molecule has 2 aliphatic rings. The number of alkyl halides is 1. The van der Waals surface area contributed by atoms with Crippen molar-refractivity contribution in [2.45, 2.75) is 211 Å². The monoisotopic (exact) mass is 750 g/mol. The summed E-state index contributed by atoms with van der Waals surface area (Å²) in [6.07, 6.45) is 39.8. The second-order valence-electron chi connectivity index (χ2n) is 16.4. The number of allylic oxidation sites excluding steroid dienone is 2. The summed E-state index contributed by atoms with van der Waals surface area (Å²) in [6, 6.07) is 0. The largest absolute Gasteiger partial charge is 0.456 e. The Kier molecular flexibility index (Phi) is 26.1. The molecular formula is C45H80ClNO5. The fraction of sp³-hybridized carbons (Fsp3) is 0.867. The highest BCUT2D eigenvalue weighted by Gasteiger charge is 2.42. The zero-order valence-corrected chi connectivity index (χ0v) is 34.6. The lowest BCUT2D eigenvalue weighted by atomic mass is 9.63. The van der Waals surface area contributed by atoms with E-state index in [1.165, 1.54) is 109 Å². The molecule has 0 spiro atoms. The summed E-state index contributed by atoms with van der Waals surface area (Å²) in [7, 11) is 1.80. The summed E-state index contributed by atoms with van der Waals surface area (Å²) >= 11 is 6.63. The van der Waals surface area contributed by atoms with Gasteiger partial charge in [-0.2, -0.15) is 0 Å². The van der Waals surface area contributed by atoms with E-state index in [4.69, 9.17) is 16.3 Å². The molecule has 6 nitrogen and oxygen atoms in total. The number of carbonyl (C=O) groups excluding carboxylic acids is 2. The van der Waals surface area contributed by atoms with Gasteiger partial charge in [0.25, 0.3) is 5.91 Å². The van der Waals surface area contributed by atoms with Crippen LogP contribution in [0.25, 0.3) is 0 Å². The number of ether oxygens (including phenoxy) is 1. The number of aliphatic hydroxyl groups excluding tert-OH is 2. The van der Waals surface area contributed by atoms with Crippen LogP contribution in [-0.4, -0.2) is 64.8 Å². The number of hydrogen-bond acceptors (Lipinski definition) is 5. The van der Waals surface area contributed by atoms with Crippen LogP contribution in [0.15, 0.2) is 24.3 Å². The van der Waals surface area contributed by atoms with Gasteiger partial charge in [0.2, 0.25) is 0 Å². The van der Waals surface area contributed by atoms with Crippen LogP contribution < -0.4 is 0 Å². The Balaban J connectivity index is 1.43. The van der Waals surface area contributed by atoms with Gasteiger partial charge in [-0.1, -0.05) is 154 Å². The van der Waals surface area contributed by atoms with Gasteiger partial charge >= 0.3 is 5.97 Å². The molecule has 2 aliphatic carbocycles. The highest BCUT2D eigenvalue weighted by atomic mass is 35.5. The molecule has 1 amide bonds. The molecule has 2 N–H and O–H groups in total. The maximum Gasteiger partial charge on any atom is 0.306 e. The van der Waals surface area contributed by atoms with Crippen LogP contribution >= 0.6 is 11.6 Å². The quantitative estimate of drug-likeness (QED) is 0.0309. The van der Waals surface area contributed by atoms with Crippen LogP contribution in [0.3, 0.4) is 0 Å². The number of aliphatic hydroxyl groups is 2. The summed E-state index contributed by atoms with van der Waals surface area (Å²) in [4.78, 5) is 26.4. The van der Waals surface area contributed by atoms with Crippen LogP contribution in [-0.2, 0) is 14.3 Å². The summed E-state index contributed by atoms with van der Waals surface area (Å²) in [6.45, 7) is 4.97. The Morgan fingerprint density at radius 3 is 1.90 bits per heavy atom. The molecule has 302 valence electrons. The van der Waals surface area contributed by atoms with E-state index in [0.717, 1.165) is 44.9 Å². The molecule has 0 aromatic rings. The predicted octanol–water partition coefficient (Wildman–Crippen LogP) is 11.6. The van der Waals surface area contributed by atoms with Gasteiger partial charge in [-0.25, -0.2) is 0 Å². The van der Waals surface area contributed by atoms with Crippen LogP contribution in [0.2, 0.25) is 0 Å². The standard InChI is InChI=1S/C45H80ClNO5/c1-4-6-7-8-9-10-11-12-13-14-15-16-17-18-19-20-23-26-35-47(3)43(50)37-52-44(51)32-25-22-21-24-29-38-39(41(48)36-40(38)46)30-27-31-42(49)45(5-2)33-28-34-45/h21,24,27,30,38-42,48-49H,4-20,22-23,25-26,28-29,31-37H2,1-3H3/b24-21-,30-27+/t38-,39-,40-,41-,42+/m1/s1. The molecule has 0 radical (unpaired) electrons. The van der Waals surface area contributed by atoms with Gasteiger partial charge in [0, 0.05) is 31.3 Å². The average molecular weight is 751 g/mol. The second-order valence-corrected chi connectivity index (χ2v) is 17.0. The predicted molar refractivity (Wildman–Crippen MR) is 219 cm³/mol. The van der Waals surface area contributed by atoms with Gasteiger partial charge < -0.3 is 19.8 Å². The lowest BCUT2D eigenvalue weighted by Crippen LogP contribution is -2.40. The first-order valence-electron chi connectivity index (χ1n) is 22.0. The van der Waals surface area contributed by atoms with E-state index in [1.807, 2.05) is 0 Å². The lowest BCUT2D eigenvalue weighted by Gasteiger charge is -2.45. The number of carbonyl (C=O) groups is 2. The fourth-order valence-corrected chi connectivity index (χ4v) is 8.72. The molecule has 0 unspecified atom stereocenters. The van der Waals surface area contributed by atoms with Gasteiger partial charge in [-0.15, -0.1) is 11.6 Å². The Hall–Kier alpha value is -1.37. The van der Waals surface area contributed by atoms with Crippen molar-refractivity contribution >= 4 is 23.5 Å². The van der Waals surface area contributed by atoms with Crippen molar-refractivity contribution in [2.24, 2.45) is 17.3 Å². The zero-order chi connectivity index (χ0) is 37.9. The summed E-state index contributed by atoms with van der Waals surface area (Å²) in [5.41, 5.74) is 0.0821. The van der Waals surface area contributed by atoms with Crippen LogP contribution in [0.4, 0.5) is 0 Å². The van der Waals surface area contributed by atoms with Crippen molar-refractivity contribution < 1.29 is 24.5 Å². The molecule has 0 aromatic heterocycles. The van der Waals surface area contributed by atoms with Crippen LogP contribution in [0.5, 0.6) is 0 Å². The van der Waals surface area contributed by atoms with Crippen molar-refractivity contribution in [3.8, 4) is 0 Å².